The van der Waals surface area contributed by atoms with Gasteiger partial charge in [0.25, 0.3) is 0 Å². The van der Waals surface area contributed by atoms with Gasteiger partial charge in [0.05, 0.1) is 22.8 Å². The highest BCUT2D eigenvalue weighted by atomic mass is 32.2. The monoisotopic (exact) mass is 387 g/mol. The van der Waals surface area contributed by atoms with Crippen molar-refractivity contribution in [3.05, 3.63) is 66.1 Å². The fourth-order valence-corrected chi connectivity index (χ4v) is 2.94. The zero-order valence-corrected chi connectivity index (χ0v) is 16.8. The van der Waals surface area contributed by atoms with Gasteiger partial charge in [-0.1, -0.05) is 17.7 Å². The van der Waals surface area contributed by atoms with E-state index in [2.05, 4.69) is 53.0 Å². The lowest BCUT2D eigenvalue weighted by atomic mass is 10.2. The molecule has 7 heteroatoms. The highest BCUT2D eigenvalue weighted by Gasteiger charge is 2.17. The normalized spacial score (nSPS) is 13.9. The Morgan fingerprint density at radius 1 is 1.15 bits per heavy atom. The number of aryl methyl sites for hydroxylation is 2. The van der Waals surface area contributed by atoms with E-state index in [1.54, 1.807) is 12.1 Å². The van der Waals surface area contributed by atoms with Crippen LogP contribution in [-0.4, -0.2) is 46.4 Å². The topological polar surface area (TPSA) is 76.3 Å². The third-order valence-corrected chi connectivity index (χ3v) is 4.93. The van der Waals surface area contributed by atoms with E-state index in [1.807, 2.05) is 26.1 Å². The van der Waals surface area contributed by atoms with E-state index in [4.69, 9.17) is 0 Å². The van der Waals surface area contributed by atoms with Gasteiger partial charge < -0.3 is 4.55 Å². The van der Waals surface area contributed by atoms with Crippen molar-refractivity contribution >= 4 is 22.1 Å². The van der Waals surface area contributed by atoms with E-state index < -0.39 is 10.1 Å². The minimum absolute atomic E-state index is 0.178. The molecule has 0 saturated heterocycles. The number of nitrogens with zero attached hydrogens (tertiary/aromatic N) is 3. The SMILES string of the molecule is Cc1ccc(S(=O)(=O)[O-])cc1.Cc1ncccc1[N+]1=CN(C(C)C)CC=C1. The fourth-order valence-electron chi connectivity index (χ4n) is 2.47. The van der Waals surface area contributed by atoms with Gasteiger partial charge >= 0.3 is 0 Å². The van der Waals surface area contributed by atoms with E-state index in [-0.39, 0.29) is 4.90 Å². The average molecular weight is 388 g/mol. The van der Waals surface area contributed by atoms with Crippen LogP contribution in [0.1, 0.15) is 25.1 Å². The first kappa shape index (κ1) is 20.8. The van der Waals surface area contributed by atoms with Crippen molar-refractivity contribution < 1.29 is 17.5 Å². The van der Waals surface area contributed by atoms with Gasteiger partial charge in [-0.3, -0.25) is 9.88 Å². The molecule has 1 aliphatic heterocycles. The molecule has 2 aromatic rings. The standard InChI is InChI=1S/C13H18N3.C7H8O3S/c1-11(2)15-8-5-9-16(10-15)13-6-4-7-14-12(13)3;1-6-2-4-7(5-3-6)11(8,9)10/h4-7,9-11H,8H2,1-3H3;2-5H,1H3,(H,8,9,10)/q+1;/p-1. The van der Waals surface area contributed by atoms with Gasteiger partial charge in [0, 0.05) is 6.20 Å². The molecular formula is C20H25N3O3S. The third-order valence-electron chi connectivity index (χ3n) is 4.09. The Morgan fingerprint density at radius 3 is 2.37 bits per heavy atom. The summed E-state index contributed by atoms with van der Waals surface area (Å²) in [4.78, 5) is 6.43. The van der Waals surface area contributed by atoms with Crippen LogP contribution in [0.15, 0.2) is 59.8 Å². The van der Waals surface area contributed by atoms with Crippen LogP contribution in [0.5, 0.6) is 0 Å². The van der Waals surface area contributed by atoms with Crippen LogP contribution in [0.4, 0.5) is 5.69 Å². The van der Waals surface area contributed by atoms with Crippen molar-refractivity contribution in [3.63, 3.8) is 0 Å². The maximum atomic E-state index is 10.4. The molecule has 0 radical (unpaired) electrons. The Bertz CT molecular complexity index is 933. The van der Waals surface area contributed by atoms with E-state index in [9.17, 15) is 13.0 Å². The first-order valence-corrected chi connectivity index (χ1v) is 10.1. The highest BCUT2D eigenvalue weighted by molar-refractivity contribution is 7.85. The molecule has 3 rings (SSSR count). The lowest BCUT2D eigenvalue weighted by molar-refractivity contribution is -0.365. The second-order valence-corrected chi connectivity index (χ2v) is 7.95. The molecule has 0 saturated carbocycles. The summed E-state index contributed by atoms with van der Waals surface area (Å²) >= 11 is 0. The van der Waals surface area contributed by atoms with Crippen LogP contribution >= 0.6 is 0 Å². The smallest absolute Gasteiger partial charge is 0.244 e. The van der Waals surface area contributed by atoms with E-state index >= 15 is 0 Å². The Labute approximate surface area is 161 Å². The Hall–Kier alpha value is -2.51. The number of rotatable bonds is 3. The molecule has 0 amide bonds. The molecule has 1 aromatic carbocycles. The lowest BCUT2D eigenvalue weighted by Crippen LogP contribution is -2.34. The molecule has 27 heavy (non-hydrogen) atoms. The second-order valence-electron chi connectivity index (χ2n) is 6.57. The van der Waals surface area contributed by atoms with Crippen LogP contribution in [0.3, 0.4) is 0 Å². The van der Waals surface area contributed by atoms with Crippen LogP contribution < -0.4 is 0 Å². The summed E-state index contributed by atoms with van der Waals surface area (Å²) in [5.41, 5.74) is 3.12. The number of hydrogen-bond donors (Lipinski definition) is 0. The summed E-state index contributed by atoms with van der Waals surface area (Å²) in [5.74, 6) is 0. The molecule has 0 fully saturated rings. The Kier molecular flexibility index (Phi) is 6.87. The number of pyridine rings is 1. The van der Waals surface area contributed by atoms with Gasteiger partial charge in [0.15, 0.2) is 5.69 Å². The maximum Gasteiger partial charge on any atom is 0.244 e. The molecule has 6 nitrogen and oxygen atoms in total. The van der Waals surface area contributed by atoms with Crippen molar-refractivity contribution in [1.29, 1.82) is 0 Å². The molecule has 0 spiro atoms. The zero-order chi connectivity index (χ0) is 20.0. The molecule has 0 atom stereocenters. The lowest BCUT2D eigenvalue weighted by Gasteiger charge is -2.19. The minimum atomic E-state index is -4.27. The van der Waals surface area contributed by atoms with Gasteiger partial charge in [-0.25, -0.2) is 13.0 Å². The Morgan fingerprint density at radius 2 is 1.81 bits per heavy atom. The highest BCUT2D eigenvalue weighted by Crippen LogP contribution is 2.16. The molecule has 0 N–H and O–H groups in total. The van der Waals surface area contributed by atoms with Crippen molar-refractivity contribution in [3.8, 4) is 0 Å². The summed E-state index contributed by atoms with van der Waals surface area (Å²) in [6.45, 7) is 9.23. The van der Waals surface area contributed by atoms with Crippen LogP contribution in [0.2, 0.25) is 0 Å². The second kappa shape index (κ2) is 8.92. The molecular weight excluding hydrogens is 362 g/mol. The zero-order valence-electron chi connectivity index (χ0n) is 16.0. The predicted molar refractivity (Wildman–Crippen MR) is 105 cm³/mol. The summed E-state index contributed by atoms with van der Waals surface area (Å²) in [6.07, 6.45) is 8.25. The maximum absolute atomic E-state index is 10.4. The molecule has 2 heterocycles. The summed E-state index contributed by atoms with van der Waals surface area (Å²) in [7, 11) is -4.27. The minimum Gasteiger partial charge on any atom is -0.744 e. The van der Waals surface area contributed by atoms with Crippen LogP contribution in [-0.2, 0) is 10.1 Å². The first-order chi connectivity index (χ1) is 12.7. The summed E-state index contributed by atoms with van der Waals surface area (Å²) in [6, 6.07) is 10.4. The molecule has 1 aromatic heterocycles. The number of hydrogen-bond acceptors (Lipinski definition) is 5. The van der Waals surface area contributed by atoms with Gasteiger partial charge in [0.1, 0.15) is 16.7 Å². The molecule has 144 valence electrons. The molecule has 0 bridgehead atoms. The van der Waals surface area contributed by atoms with E-state index in [0.29, 0.717) is 6.04 Å². The van der Waals surface area contributed by atoms with Crippen LogP contribution in [0.25, 0.3) is 0 Å². The molecule has 0 aliphatic carbocycles. The van der Waals surface area contributed by atoms with Gasteiger partial charge in [-0.05, 0) is 58.0 Å². The van der Waals surface area contributed by atoms with Gasteiger partial charge in [0.2, 0.25) is 6.34 Å². The van der Waals surface area contributed by atoms with Crippen molar-refractivity contribution in [2.45, 2.75) is 38.6 Å². The summed E-state index contributed by atoms with van der Waals surface area (Å²) < 4.78 is 33.3. The molecule has 0 unspecified atom stereocenters. The number of benzene rings is 1. The summed E-state index contributed by atoms with van der Waals surface area (Å²) in [5, 5.41) is 0. The van der Waals surface area contributed by atoms with Gasteiger partial charge in [-0.15, -0.1) is 0 Å². The van der Waals surface area contributed by atoms with Crippen molar-refractivity contribution in [2.75, 3.05) is 6.54 Å². The quantitative estimate of drug-likeness (QED) is 0.597. The fraction of sp³-hybridized carbons (Fsp3) is 0.300. The van der Waals surface area contributed by atoms with Crippen LogP contribution in [0, 0.1) is 13.8 Å². The van der Waals surface area contributed by atoms with E-state index in [1.165, 1.54) is 12.1 Å². The molecule has 1 aliphatic rings. The first-order valence-electron chi connectivity index (χ1n) is 8.68. The number of aromatic nitrogens is 1. The third kappa shape index (κ3) is 6.01. The average Bonchev–Trinajstić information content (AvgIpc) is 2.62. The van der Waals surface area contributed by atoms with Crippen molar-refractivity contribution in [2.24, 2.45) is 0 Å². The van der Waals surface area contributed by atoms with Gasteiger partial charge in [-0.2, -0.15) is 0 Å². The largest absolute Gasteiger partial charge is 0.744 e. The van der Waals surface area contributed by atoms with Crippen molar-refractivity contribution in [1.82, 2.24) is 9.88 Å². The van der Waals surface area contributed by atoms with E-state index in [0.717, 1.165) is 23.5 Å². The Balaban J connectivity index is 0.000000208. The predicted octanol–water partition coefficient (Wildman–Crippen LogP) is 3.20.